The second-order valence-corrected chi connectivity index (χ2v) is 6.27. The van der Waals surface area contributed by atoms with E-state index in [9.17, 15) is 0 Å². The van der Waals surface area contributed by atoms with E-state index in [0.717, 1.165) is 11.5 Å². The Kier molecular flexibility index (Phi) is 5.66. The van der Waals surface area contributed by atoms with Gasteiger partial charge in [-0.25, -0.2) is 9.97 Å². The first kappa shape index (κ1) is 18.8. The minimum atomic E-state index is 0.475. The number of aryl methyl sites for hydroxylation is 1. The van der Waals surface area contributed by atoms with Gasteiger partial charge in [0, 0.05) is 30.9 Å². The van der Waals surface area contributed by atoms with Crippen LogP contribution in [0.15, 0.2) is 48.5 Å². The van der Waals surface area contributed by atoms with Gasteiger partial charge >= 0.3 is 0 Å². The zero-order valence-electron chi connectivity index (χ0n) is 15.7. The van der Waals surface area contributed by atoms with Crippen molar-refractivity contribution in [2.45, 2.75) is 6.92 Å². The average molecular weight is 385 g/mol. The molecule has 0 bridgehead atoms. The first-order valence-corrected chi connectivity index (χ1v) is 8.72. The highest BCUT2D eigenvalue weighted by atomic mass is 35.5. The highest BCUT2D eigenvalue weighted by Crippen LogP contribution is 2.37. The van der Waals surface area contributed by atoms with Crippen LogP contribution in [-0.4, -0.2) is 31.2 Å². The van der Waals surface area contributed by atoms with Crippen molar-refractivity contribution in [2.24, 2.45) is 0 Å². The molecule has 1 heterocycles. The molecule has 0 unspecified atom stereocenters. The van der Waals surface area contributed by atoms with Gasteiger partial charge in [-0.1, -0.05) is 29.8 Å². The van der Waals surface area contributed by atoms with E-state index in [1.165, 1.54) is 0 Å². The van der Waals surface area contributed by atoms with Gasteiger partial charge in [-0.3, -0.25) is 0 Å². The van der Waals surface area contributed by atoms with Crippen LogP contribution in [0.4, 0.5) is 23.0 Å². The standard InChI is InChI=1S/C20H21ClN4O2/c1-13-22-19(12-20(23-13)25(2)14-8-6-5-7-9-14)24-16-11-17(26-3)15(21)10-18(16)27-4/h5-12H,1-4H3,(H,22,23,24). The van der Waals surface area contributed by atoms with Crippen LogP contribution < -0.4 is 19.7 Å². The van der Waals surface area contributed by atoms with Crippen molar-refractivity contribution in [3.8, 4) is 11.5 Å². The summed E-state index contributed by atoms with van der Waals surface area (Å²) in [5.74, 6) is 3.21. The highest BCUT2D eigenvalue weighted by Gasteiger charge is 2.13. The van der Waals surface area contributed by atoms with Gasteiger partial charge in [0.1, 0.15) is 29.0 Å². The van der Waals surface area contributed by atoms with E-state index < -0.39 is 0 Å². The van der Waals surface area contributed by atoms with Crippen LogP contribution in [0.1, 0.15) is 5.82 Å². The van der Waals surface area contributed by atoms with Crippen molar-refractivity contribution in [2.75, 3.05) is 31.5 Å². The molecule has 0 saturated carbocycles. The highest BCUT2D eigenvalue weighted by molar-refractivity contribution is 6.32. The number of benzene rings is 2. The fourth-order valence-electron chi connectivity index (χ4n) is 2.67. The number of ether oxygens (including phenoxy) is 2. The number of hydrogen-bond donors (Lipinski definition) is 1. The van der Waals surface area contributed by atoms with Gasteiger partial charge in [0.05, 0.1) is 24.9 Å². The number of rotatable bonds is 6. The fourth-order valence-corrected chi connectivity index (χ4v) is 2.90. The second-order valence-electron chi connectivity index (χ2n) is 5.87. The number of hydrogen-bond acceptors (Lipinski definition) is 6. The van der Waals surface area contributed by atoms with E-state index in [-0.39, 0.29) is 0 Å². The van der Waals surface area contributed by atoms with Crippen molar-refractivity contribution in [1.82, 2.24) is 9.97 Å². The van der Waals surface area contributed by atoms with Crippen LogP contribution in [0.2, 0.25) is 5.02 Å². The Labute approximate surface area is 163 Å². The van der Waals surface area contributed by atoms with E-state index in [2.05, 4.69) is 15.3 Å². The number of halogens is 1. The molecule has 3 aromatic rings. The monoisotopic (exact) mass is 384 g/mol. The summed E-state index contributed by atoms with van der Waals surface area (Å²) in [4.78, 5) is 11.0. The average Bonchev–Trinajstić information content (AvgIpc) is 2.68. The number of aromatic nitrogens is 2. The predicted octanol–water partition coefficient (Wildman–Crippen LogP) is 4.97. The molecule has 0 aliphatic heterocycles. The van der Waals surface area contributed by atoms with E-state index in [1.54, 1.807) is 26.4 Å². The van der Waals surface area contributed by atoms with Gasteiger partial charge in [-0.05, 0) is 19.1 Å². The molecule has 6 nitrogen and oxygen atoms in total. The van der Waals surface area contributed by atoms with E-state index in [0.29, 0.717) is 33.9 Å². The molecule has 1 N–H and O–H groups in total. The van der Waals surface area contributed by atoms with E-state index >= 15 is 0 Å². The maximum absolute atomic E-state index is 6.18. The summed E-state index contributed by atoms with van der Waals surface area (Å²) in [6.45, 7) is 1.85. The zero-order valence-corrected chi connectivity index (χ0v) is 16.4. The van der Waals surface area contributed by atoms with Crippen molar-refractivity contribution in [1.29, 1.82) is 0 Å². The Morgan fingerprint density at radius 2 is 1.67 bits per heavy atom. The smallest absolute Gasteiger partial charge is 0.144 e. The summed E-state index contributed by atoms with van der Waals surface area (Å²) < 4.78 is 10.7. The minimum absolute atomic E-state index is 0.475. The van der Waals surface area contributed by atoms with Crippen LogP contribution in [0.3, 0.4) is 0 Å². The molecule has 27 heavy (non-hydrogen) atoms. The molecule has 0 amide bonds. The predicted molar refractivity (Wildman–Crippen MR) is 109 cm³/mol. The van der Waals surface area contributed by atoms with Gasteiger partial charge in [0.15, 0.2) is 0 Å². The van der Waals surface area contributed by atoms with E-state index in [1.807, 2.05) is 55.3 Å². The number of nitrogens with one attached hydrogen (secondary N) is 1. The third-order valence-corrected chi connectivity index (χ3v) is 4.34. The third kappa shape index (κ3) is 4.23. The molecule has 0 fully saturated rings. The molecule has 0 atom stereocenters. The van der Waals surface area contributed by atoms with Crippen LogP contribution in [0, 0.1) is 6.92 Å². The topological polar surface area (TPSA) is 59.5 Å². The Morgan fingerprint density at radius 3 is 2.33 bits per heavy atom. The molecule has 0 saturated heterocycles. The van der Waals surface area contributed by atoms with Crippen LogP contribution in [0.25, 0.3) is 0 Å². The third-order valence-electron chi connectivity index (χ3n) is 4.05. The van der Waals surface area contributed by atoms with Crippen LogP contribution >= 0.6 is 11.6 Å². The Hall–Kier alpha value is -2.99. The summed E-state index contributed by atoms with van der Waals surface area (Å²) in [7, 11) is 5.12. The van der Waals surface area contributed by atoms with Gasteiger partial charge < -0.3 is 19.7 Å². The van der Waals surface area contributed by atoms with Gasteiger partial charge in [0.2, 0.25) is 0 Å². The molecule has 7 heteroatoms. The van der Waals surface area contributed by atoms with Crippen LogP contribution in [-0.2, 0) is 0 Å². The quantitative estimate of drug-likeness (QED) is 0.647. The lowest BCUT2D eigenvalue weighted by atomic mass is 10.2. The van der Waals surface area contributed by atoms with Crippen molar-refractivity contribution >= 4 is 34.6 Å². The molecule has 3 rings (SSSR count). The first-order valence-electron chi connectivity index (χ1n) is 8.35. The molecular formula is C20H21ClN4O2. The van der Waals surface area contributed by atoms with Crippen molar-refractivity contribution < 1.29 is 9.47 Å². The lowest BCUT2D eigenvalue weighted by Gasteiger charge is -2.20. The Balaban J connectivity index is 1.96. The van der Waals surface area contributed by atoms with Gasteiger partial charge in [0.25, 0.3) is 0 Å². The van der Waals surface area contributed by atoms with Crippen molar-refractivity contribution in [3.63, 3.8) is 0 Å². The molecule has 0 aliphatic rings. The minimum Gasteiger partial charge on any atom is -0.495 e. The molecule has 0 radical (unpaired) electrons. The van der Waals surface area contributed by atoms with Crippen molar-refractivity contribution in [3.05, 3.63) is 59.4 Å². The van der Waals surface area contributed by atoms with E-state index in [4.69, 9.17) is 21.1 Å². The van der Waals surface area contributed by atoms with Gasteiger partial charge in [-0.15, -0.1) is 0 Å². The second kappa shape index (κ2) is 8.14. The lowest BCUT2D eigenvalue weighted by Crippen LogP contribution is -2.13. The SMILES string of the molecule is COc1cc(Nc2cc(N(C)c3ccccc3)nc(C)n2)c(OC)cc1Cl. The Bertz CT molecular complexity index is 935. The molecular weight excluding hydrogens is 364 g/mol. The Morgan fingerprint density at radius 1 is 0.963 bits per heavy atom. The number of anilines is 4. The molecule has 1 aromatic heterocycles. The number of methoxy groups -OCH3 is 2. The molecule has 2 aromatic carbocycles. The summed E-state index contributed by atoms with van der Waals surface area (Å²) in [6, 6.07) is 15.4. The summed E-state index contributed by atoms with van der Waals surface area (Å²) >= 11 is 6.18. The zero-order chi connectivity index (χ0) is 19.4. The lowest BCUT2D eigenvalue weighted by molar-refractivity contribution is 0.405. The summed E-state index contributed by atoms with van der Waals surface area (Å²) in [6.07, 6.45) is 0. The number of nitrogens with zero attached hydrogens (tertiary/aromatic N) is 3. The molecule has 140 valence electrons. The summed E-state index contributed by atoms with van der Waals surface area (Å²) in [5.41, 5.74) is 1.73. The normalized spacial score (nSPS) is 10.4. The molecule has 0 spiro atoms. The first-order chi connectivity index (χ1) is 13.0. The number of para-hydroxylation sites is 1. The summed E-state index contributed by atoms with van der Waals surface area (Å²) in [5, 5.41) is 3.75. The van der Waals surface area contributed by atoms with Crippen LogP contribution in [0.5, 0.6) is 11.5 Å². The maximum atomic E-state index is 6.18. The van der Waals surface area contributed by atoms with Gasteiger partial charge in [-0.2, -0.15) is 0 Å². The maximum Gasteiger partial charge on any atom is 0.144 e. The fraction of sp³-hybridized carbons (Fsp3) is 0.200. The largest absolute Gasteiger partial charge is 0.495 e. The molecule has 0 aliphatic carbocycles.